The first-order valence-corrected chi connectivity index (χ1v) is 8.78. The lowest BCUT2D eigenvalue weighted by molar-refractivity contribution is 0.646. The second-order valence-electron chi connectivity index (χ2n) is 5.96. The molecule has 0 fully saturated rings. The molecule has 0 amide bonds. The van der Waals surface area contributed by atoms with Crippen molar-refractivity contribution in [1.29, 1.82) is 0 Å². The van der Waals surface area contributed by atoms with Crippen LogP contribution in [0.1, 0.15) is 18.4 Å². The molecule has 1 heterocycles. The molecular formula is C22H21FN4. The molecule has 3 rings (SSSR count). The summed E-state index contributed by atoms with van der Waals surface area (Å²) in [6.07, 6.45) is 15.4. The van der Waals surface area contributed by atoms with Crippen molar-refractivity contribution in [1.82, 2.24) is 0 Å². The van der Waals surface area contributed by atoms with Gasteiger partial charge in [0.05, 0.1) is 18.0 Å². The summed E-state index contributed by atoms with van der Waals surface area (Å²) in [5, 5.41) is 0. The lowest BCUT2D eigenvalue weighted by Gasteiger charge is -2.07. The topological polar surface area (TPSA) is 63.1 Å². The zero-order valence-corrected chi connectivity index (χ0v) is 14.9. The summed E-state index contributed by atoms with van der Waals surface area (Å²) >= 11 is 0. The third-order valence-corrected chi connectivity index (χ3v) is 3.98. The Morgan fingerprint density at radius 2 is 2.04 bits per heavy atom. The van der Waals surface area contributed by atoms with E-state index in [1.54, 1.807) is 24.6 Å². The summed E-state index contributed by atoms with van der Waals surface area (Å²) in [4.78, 5) is 13.1. The number of nitrogens with two attached hydrogens (primary N) is 1. The zero-order valence-electron chi connectivity index (χ0n) is 14.9. The average molecular weight is 360 g/mol. The Bertz CT molecular complexity index is 913. The highest BCUT2D eigenvalue weighted by atomic mass is 19.1. The maximum absolute atomic E-state index is 14.1. The van der Waals surface area contributed by atoms with Crippen molar-refractivity contribution in [2.75, 3.05) is 6.54 Å². The number of benzene rings is 1. The summed E-state index contributed by atoms with van der Waals surface area (Å²) in [5.74, 6) is 0.177. The van der Waals surface area contributed by atoms with Gasteiger partial charge in [0.15, 0.2) is 5.84 Å². The molecule has 0 atom stereocenters. The number of allylic oxidation sites excluding steroid dienone is 6. The standard InChI is InChI=1S/C22H21FN4/c23-19-12-6-2-5-11-18(19)16-27-21(17-9-3-1-4-10-17)15-20(24)22-25-13-7-8-14-26-22/h1-4,6-7,9-15H,5,8,16,24H2. The van der Waals surface area contributed by atoms with Gasteiger partial charge < -0.3 is 5.73 Å². The molecule has 0 radical (unpaired) electrons. The lowest BCUT2D eigenvalue weighted by Crippen LogP contribution is -2.13. The molecule has 0 saturated carbocycles. The first-order valence-electron chi connectivity index (χ1n) is 8.78. The number of aliphatic imine (C=N–C) groups is 3. The van der Waals surface area contributed by atoms with Gasteiger partial charge >= 0.3 is 0 Å². The number of amidine groups is 1. The maximum atomic E-state index is 14.1. The van der Waals surface area contributed by atoms with Gasteiger partial charge in [-0.25, -0.2) is 14.4 Å². The lowest BCUT2D eigenvalue weighted by atomic mass is 10.1. The van der Waals surface area contributed by atoms with Gasteiger partial charge in [-0.15, -0.1) is 0 Å². The fraction of sp³-hybridized carbons (Fsp3) is 0.136. The van der Waals surface area contributed by atoms with Crippen LogP contribution in [0.5, 0.6) is 0 Å². The number of hydrogen-bond acceptors (Lipinski definition) is 4. The van der Waals surface area contributed by atoms with Crippen LogP contribution in [-0.4, -0.2) is 24.3 Å². The predicted molar refractivity (Wildman–Crippen MR) is 111 cm³/mol. The van der Waals surface area contributed by atoms with Crippen molar-refractivity contribution in [2.24, 2.45) is 20.7 Å². The van der Waals surface area contributed by atoms with Gasteiger partial charge in [-0.2, -0.15) is 0 Å². The molecule has 5 heteroatoms. The molecule has 0 saturated heterocycles. The van der Waals surface area contributed by atoms with Gasteiger partial charge in [-0.3, -0.25) is 4.99 Å². The highest BCUT2D eigenvalue weighted by Crippen LogP contribution is 2.17. The Labute approximate surface area is 158 Å². The Morgan fingerprint density at radius 3 is 2.89 bits per heavy atom. The predicted octanol–water partition coefficient (Wildman–Crippen LogP) is 4.44. The van der Waals surface area contributed by atoms with Gasteiger partial charge in [0.1, 0.15) is 5.83 Å². The van der Waals surface area contributed by atoms with Crippen LogP contribution in [0.4, 0.5) is 4.39 Å². The van der Waals surface area contributed by atoms with Gasteiger partial charge in [0, 0.05) is 24.4 Å². The van der Waals surface area contributed by atoms with E-state index in [1.807, 2.05) is 48.6 Å². The van der Waals surface area contributed by atoms with Crippen LogP contribution in [0.3, 0.4) is 0 Å². The highest BCUT2D eigenvalue weighted by Gasteiger charge is 2.09. The minimum Gasteiger partial charge on any atom is -0.396 e. The number of halogens is 1. The Morgan fingerprint density at radius 1 is 1.19 bits per heavy atom. The Kier molecular flexibility index (Phi) is 6.41. The molecule has 0 unspecified atom stereocenters. The molecule has 27 heavy (non-hydrogen) atoms. The van der Waals surface area contributed by atoms with E-state index in [0.717, 1.165) is 5.56 Å². The van der Waals surface area contributed by atoms with Gasteiger partial charge in [-0.1, -0.05) is 54.6 Å². The molecule has 136 valence electrons. The Hall–Kier alpha value is -3.34. The van der Waals surface area contributed by atoms with Crippen LogP contribution in [0.15, 0.2) is 105 Å². The van der Waals surface area contributed by atoms with Crippen LogP contribution in [0.25, 0.3) is 0 Å². The van der Waals surface area contributed by atoms with E-state index in [2.05, 4.69) is 15.0 Å². The molecule has 1 aliphatic carbocycles. The van der Waals surface area contributed by atoms with Gasteiger partial charge in [-0.05, 0) is 24.1 Å². The molecule has 2 aliphatic rings. The number of rotatable bonds is 5. The fourth-order valence-electron chi connectivity index (χ4n) is 2.56. The van der Waals surface area contributed by atoms with E-state index in [1.165, 1.54) is 6.08 Å². The molecule has 2 N–H and O–H groups in total. The quantitative estimate of drug-likeness (QED) is 0.775. The van der Waals surface area contributed by atoms with Crippen molar-refractivity contribution in [2.45, 2.75) is 12.8 Å². The van der Waals surface area contributed by atoms with E-state index >= 15 is 0 Å². The molecule has 4 nitrogen and oxygen atoms in total. The number of hydrogen-bond donors (Lipinski definition) is 1. The summed E-state index contributed by atoms with van der Waals surface area (Å²) in [6.45, 7) is 0.230. The van der Waals surface area contributed by atoms with Crippen LogP contribution in [0.2, 0.25) is 0 Å². The van der Waals surface area contributed by atoms with Crippen molar-refractivity contribution in [3.8, 4) is 0 Å². The fourth-order valence-corrected chi connectivity index (χ4v) is 2.56. The molecule has 0 spiro atoms. The highest BCUT2D eigenvalue weighted by molar-refractivity contribution is 6.14. The van der Waals surface area contributed by atoms with E-state index < -0.39 is 0 Å². The molecular weight excluding hydrogens is 339 g/mol. The van der Waals surface area contributed by atoms with Gasteiger partial charge in [0.25, 0.3) is 0 Å². The minimum atomic E-state index is -0.264. The van der Waals surface area contributed by atoms with E-state index in [9.17, 15) is 4.39 Å². The van der Waals surface area contributed by atoms with Crippen LogP contribution in [0, 0.1) is 0 Å². The van der Waals surface area contributed by atoms with E-state index in [-0.39, 0.29) is 12.4 Å². The maximum Gasteiger partial charge on any atom is 0.175 e. The van der Waals surface area contributed by atoms with Gasteiger partial charge in [0.2, 0.25) is 0 Å². The largest absolute Gasteiger partial charge is 0.396 e. The average Bonchev–Trinajstić information content (AvgIpc) is 3.09. The normalized spacial score (nSPS) is 17.7. The zero-order chi connectivity index (χ0) is 18.9. The summed E-state index contributed by atoms with van der Waals surface area (Å²) in [5.41, 5.74) is 8.73. The summed E-state index contributed by atoms with van der Waals surface area (Å²) in [6, 6.07) is 9.66. The molecule has 1 aliphatic heterocycles. The molecule has 1 aromatic carbocycles. The second-order valence-corrected chi connectivity index (χ2v) is 5.96. The van der Waals surface area contributed by atoms with Crippen molar-refractivity contribution in [3.05, 3.63) is 95.6 Å². The van der Waals surface area contributed by atoms with Crippen molar-refractivity contribution >= 4 is 17.8 Å². The molecule has 0 bridgehead atoms. The summed E-state index contributed by atoms with van der Waals surface area (Å²) < 4.78 is 14.1. The monoisotopic (exact) mass is 360 g/mol. The summed E-state index contributed by atoms with van der Waals surface area (Å²) in [7, 11) is 0. The van der Waals surface area contributed by atoms with E-state index in [4.69, 9.17) is 5.73 Å². The number of nitrogens with zero attached hydrogens (tertiary/aromatic N) is 3. The first kappa shape index (κ1) is 18.5. The smallest absolute Gasteiger partial charge is 0.175 e. The third kappa shape index (κ3) is 5.31. The van der Waals surface area contributed by atoms with E-state index in [0.29, 0.717) is 35.7 Å². The van der Waals surface area contributed by atoms with Crippen molar-refractivity contribution in [3.63, 3.8) is 0 Å². The molecule has 0 aromatic heterocycles. The minimum absolute atomic E-state index is 0.230. The van der Waals surface area contributed by atoms with Crippen LogP contribution in [-0.2, 0) is 0 Å². The van der Waals surface area contributed by atoms with Crippen LogP contribution >= 0.6 is 0 Å². The Balaban J connectivity index is 1.92. The second kappa shape index (κ2) is 9.38. The third-order valence-electron chi connectivity index (χ3n) is 3.98. The molecule has 1 aromatic rings. The SMILES string of the molecule is NC(=CC(=NCC1=CCC=CC=C1F)c1ccccc1)C1=NC=CCC=N1. The van der Waals surface area contributed by atoms with Crippen LogP contribution < -0.4 is 5.73 Å². The van der Waals surface area contributed by atoms with Crippen molar-refractivity contribution < 1.29 is 4.39 Å². The first-order chi connectivity index (χ1) is 13.2.